The van der Waals surface area contributed by atoms with Crippen molar-refractivity contribution in [2.75, 3.05) is 38.1 Å². The van der Waals surface area contributed by atoms with Crippen LogP contribution in [0.15, 0.2) is 64.6 Å². The maximum atomic E-state index is 13.3. The molecule has 11 nitrogen and oxygen atoms in total. The molecule has 40 heavy (non-hydrogen) atoms. The van der Waals surface area contributed by atoms with E-state index in [1.54, 1.807) is 36.7 Å². The monoisotopic (exact) mass is 533 g/mol. The molecule has 0 atom stereocenters. The summed E-state index contributed by atoms with van der Waals surface area (Å²) in [5.74, 6) is 0.672. The van der Waals surface area contributed by atoms with Crippen LogP contribution in [0.5, 0.6) is 0 Å². The first-order valence-electron chi connectivity index (χ1n) is 13.0. The topological polar surface area (TPSA) is 137 Å². The average molecular weight is 534 g/mol. The number of hydrogen-bond donors (Lipinski definition) is 1. The van der Waals surface area contributed by atoms with Gasteiger partial charge in [-0.1, -0.05) is 12.1 Å². The van der Waals surface area contributed by atoms with Crippen LogP contribution in [0.2, 0.25) is 0 Å². The first-order valence-corrected chi connectivity index (χ1v) is 13.0. The summed E-state index contributed by atoms with van der Waals surface area (Å²) in [6.45, 7) is 7.25. The zero-order chi connectivity index (χ0) is 28.0. The van der Waals surface area contributed by atoms with E-state index in [2.05, 4.69) is 42.9 Å². The number of aromatic amines is 1. The molecule has 11 heteroatoms. The summed E-state index contributed by atoms with van der Waals surface area (Å²) in [5.41, 5.74) is 1.86. The molecule has 0 unspecified atom stereocenters. The maximum Gasteiger partial charge on any atom is 0.333 e. The lowest BCUT2D eigenvalue weighted by molar-refractivity contribution is 0.311. The Bertz CT molecular complexity index is 1910. The summed E-state index contributed by atoms with van der Waals surface area (Å²) >= 11 is 0. The molecule has 1 saturated heterocycles. The number of piperazine rings is 1. The Kier molecular flexibility index (Phi) is 6.12. The second-order valence-corrected chi connectivity index (χ2v) is 10.5. The van der Waals surface area contributed by atoms with E-state index in [9.17, 15) is 14.9 Å². The number of benzene rings is 1. The Balaban J connectivity index is 1.51. The van der Waals surface area contributed by atoms with Crippen LogP contribution in [0.3, 0.4) is 0 Å². The highest BCUT2D eigenvalue weighted by Crippen LogP contribution is 2.28. The van der Waals surface area contributed by atoms with Crippen LogP contribution in [0.4, 0.5) is 5.95 Å². The lowest BCUT2D eigenvalue weighted by Crippen LogP contribution is -2.45. The molecule has 1 aliphatic heterocycles. The first-order chi connectivity index (χ1) is 19.2. The Morgan fingerprint density at radius 1 is 0.975 bits per heavy atom. The zero-order valence-electron chi connectivity index (χ0n) is 22.4. The molecular weight excluding hydrogens is 506 g/mol. The van der Waals surface area contributed by atoms with Gasteiger partial charge in [-0.15, -0.1) is 0 Å². The van der Waals surface area contributed by atoms with Gasteiger partial charge in [0, 0.05) is 50.3 Å². The molecule has 0 aliphatic carbocycles. The van der Waals surface area contributed by atoms with Gasteiger partial charge in [-0.05, 0) is 50.7 Å². The molecule has 1 N–H and O–H groups in total. The Morgan fingerprint density at radius 3 is 2.45 bits per heavy atom. The van der Waals surface area contributed by atoms with E-state index in [-0.39, 0.29) is 5.39 Å². The smallest absolute Gasteiger partial charge is 0.333 e. The Labute approximate surface area is 229 Å². The summed E-state index contributed by atoms with van der Waals surface area (Å²) in [7, 11) is 2.10. The van der Waals surface area contributed by atoms with Gasteiger partial charge < -0.3 is 9.80 Å². The minimum Gasteiger partial charge on any atom is -0.338 e. The molecule has 5 heterocycles. The van der Waals surface area contributed by atoms with E-state index in [1.807, 2.05) is 26.0 Å². The van der Waals surface area contributed by atoms with Crippen molar-refractivity contribution in [3.8, 4) is 23.0 Å². The number of nitriles is 1. The number of rotatable bonds is 4. The van der Waals surface area contributed by atoms with E-state index in [4.69, 9.17) is 4.98 Å². The number of hydrogen-bond acceptors (Lipinski definition) is 9. The van der Waals surface area contributed by atoms with Gasteiger partial charge >= 0.3 is 5.69 Å². The highest BCUT2D eigenvalue weighted by Gasteiger charge is 2.22. The number of aromatic nitrogens is 6. The molecular formula is C29H27N9O2. The predicted molar refractivity (Wildman–Crippen MR) is 153 cm³/mol. The summed E-state index contributed by atoms with van der Waals surface area (Å²) in [4.78, 5) is 51.4. The number of fused-ring (bicyclic) bond motifs is 3. The van der Waals surface area contributed by atoms with Gasteiger partial charge in [-0.2, -0.15) is 5.26 Å². The van der Waals surface area contributed by atoms with Crippen molar-refractivity contribution in [1.29, 1.82) is 5.26 Å². The van der Waals surface area contributed by atoms with Crippen molar-refractivity contribution < 1.29 is 0 Å². The summed E-state index contributed by atoms with van der Waals surface area (Å²) in [5, 5.41) is 9.88. The molecule has 1 fully saturated rings. The third-order valence-corrected chi connectivity index (χ3v) is 7.40. The largest absolute Gasteiger partial charge is 0.338 e. The molecule has 6 rings (SSSR count). The van der Waals surface area contributed by atoms with Gasteiger partial charge in [0.1, 0.15) is 5.52 Å². The molecule has 4 aromatic heterocycles. The predicted octanol–water partition coefficient (Wildman–Crippen LogP) is 2.63. The van der Waals surface area contributed by atoms with Gasteiger partial charge in [0.15, 0.2) is 0 Å². The molecule has 5 aromatic rings. The summed E-state index contributed by atoms with van der Waals surface area (Å²) < 4.78 is 1.42. The SMILES string of the molecule is CN1CCN(c2ncc(-c3ccc4ncc5c(=O)[nH]c(=O)n(-c6cccc(C(C)(C)C#N)c6)c5c4n3)cn2)CC1. The van der Waals surface area contributed by atoms with E-state index in [1.165, 1.54) is 10.8 Å². The van der Waals surface area contributed by atoms with Crippen molar-refractivity contribution in [2.24, 2.45) is 0 Å². The van der Waals surface area contributed by atoms with Gasteiger partial charge in [0.25, 0.3) is 5.56 Å². The van der Waals surface area contributed by atoms with Crippen molar-refractivity contribution in [1.82, 2.24) is 34.4 Å². The number of likely N-dealkylation sites (N-methyl/N-ethyl adjacent to an activating group) is 1. The number of nitrogens with one attached hydrogen (secondary N) is 1. The van der Waals surface area contributed by atoms with E-state index in [0.717, 1.165) is 31.7 Å². The van der Waals surface area contributed by atoms with E-state index in [0.29, 0.717) is 39.4 Å². The van der Waals surface area contributed by atoms with Crippen LogP contribution < -0.4 is 16.1 Å². The van der Waals surface area contributed by atoms with Crippen LogP contribution in [0.1, 0.15) is 19.4 Å². The van der Waals surface area contributed by atoms with Crippen molar-refractivity contribution in [2.45, 2.75) is 19.3 Å². The quantitative estimate of drug-likeness (QED) is 0.346. The van der Waals surface area contributed by atoms with Crippen molar-refractivity contribution in [3.63, 3.8) is 0 Å². The fraction of sp³-hybridized carbons (Fsp3) is 0.276. The van der Waals surface area contributed by atoms with Gasteiger partial charge in [-0.25, -0.2) is 19.7 Å². The summed E-state index contributed by atoms with van der Waals surface area (Å²) in [6.07, 6.45) is 4.92. The number of H-pyrrole nitrogens is 1. The molecule has 1 aliphatic rings. The van der Waals surface area contributed by atoms with E-state index >= 15 is 0 Å². The molecule has 0 radical (unpaired) electrons. The summed E-state index contributed by atoms with van der Waals surface area (Å²) in [6, 6.07) is 13.1. The van der Waals surface area contributed by atoms with Gasteiger partial charge in [-0.3, -0.25) is 19.3 Å². The molecule has 0 amide bonds. The fourth-order valence-corrected chi connectivity index (χ4v) is 4.90. The second-order valence-electron chi connectivity index (χ2n) is 10.5. The fourth-order valence-electron chi connectivity index (χ4n) is 4.90. The van der Waals surface area contributed by atoms with Crippen LogP contribution in [0.25, 0.3) is 38.9 Å². The van der Waals surface area contributed by atoms with Crippen molar-refractivity contribution in [3.05, 3.63) is 81.4 Å². The number of anilines is 1. The number of nitrogens with zero attached hydrogens (tertiary/aromatic N) is 8. The standard InChI is InChI=1S/C29H27N9O2/c1-29(2,17-30)19-5-4-6-20(13-19)38-25-21(26(39)35-28(38)40)16-31-23-8-7-22(34-24(23)25)18-14-32-27(33-15-18)37-11-9-36(3)10-12-37/h4-8,13-16H,9-12H2,1-3H3,(H,35,39,40). The van der Waals surface area contributed by atoms with Crippen molar-refractivity contribution >= 4 is 27.9 Å². The third kappa shape index (κ3) is 4.38. The first kappa shape index (κ1) is 25.3. The van der Waals surface area contributed by atoms with Crippen LogP contribution in [0, 0.1) is 11.3 Å². The molecule has 0 spiro atoms. The Hall–Kier alpha value is -4.95. The lowest BCUT2D eigenvalue weighted by atomic mass is 9.86. The maximum absolute atomic E-state index is 13.3. The zero-order valence-corrected chi connectivity index (χ0v) is 22.4. The molecule has 200 valence electrons. The highest BCUT2D eigenvalue weighted by atomic mass is 16.2. The van der Waals surface area contributed by atoms with Crippen LogP contribution in [-0.2, 0) is 5.41 Å². The minimum absolute atomic E-state index is 0.225. The van der Waals surface area contributed by atoms with Gasteiger partial charge in [0.05, 0.1) is 39.3 Å². The van der Waals surface area contributed by atoms with Crippen LogP contribution in [-0.4, -0.2) is 67.6 Å². The highest BCUT2D eigenvalue weighted by molar-refractivity contribution is 6.01. The normalized spacial score (nSPS) is 14.5. The Morgan fingerprint density at radius 2 is 1.73 bits per heavy atom. The average Bonchev–Trinajstić information content (AvgIpc) is 2.97. The molecule has 0 saturated carbocycles. The molecule has 1 aromatic carbocycles. The van der Waals surface area contributed by atoms with E-state index < -0.39 is 16.7 Å². The van der Waals surface area contributed by atoms with Gasteiger partial charge in [0.2, 0.25) is 5.95 Å². The number of pyridine rings is 2. The second kappa shape index (κ2) is 9.66. The third-order valence-electron chi connectivity index (χ3n) is 7.40. The lowest BCUT2D eigenvalue weighted by Gasteiger charge is -2.32. The minimum atomic E-state index is -0.775. The molecule has 0 bridgehead atoms. The van der Waals surface area contributed by atoms with Crippen LogP contribution >= 0.6 is 0 Å².